The lowest BCUT2D eigenvalue weighted by Gasteiger charge is -2.29. The molecule has 4 heterocycles. The number of benzene rings is 2. The molecule has 0 spiro atoms. The van der Waals surface area contributed by atoms with Crippen molar-refractivity contribution in [3.63, 3.8) is 0 Å². The fourth-order valence-electron chi connectivity index (χ4n) is 6.87. The number of nitrogens with one attached hydrogen (secondary N) is 5. The van der Waals surface area contributed by atoms with E-state index in [1.165, 1.54) is 24.2 Å². The molecule has 2 aliphatic heterocycles. The first kappa shape index (κ1) is 39.9. The highest BCUT2D eigenvalue weighted by atomic mass is 19.4. The number of anilines is 3. The minimum absolute atomic E-state index is 0.0285. The van der Waals surface area contributed by atoms with Gasteiger partial charge in [-0.2, -0.15) is 13.2 Å². The summed E-state index contributed by atoms with van der Waals surface area (Å²) in [6.45, 7) is 2.94. The third-order valence-corrected chi connectivity index (χ3v) is 9.76. The Morgan fingerprint density at radius 1 is 0.946 bits per heavy atom. The van der Waals surface area contributed by atoms with Gasteiger partial charge in [0.05, 0.1) is 18.1 Å². The average molecular weight is 785 g/mol. The summed E-state index contributed by atoms with van der Waals surface area (Å²) in [6.07, 6.45) is 5.11. The summed E-state index contributed by atoms with van der Waals surface area (Å²) < 4.78 is 74.8. The summed E-state index contributed by atoms with van der Waals surface area (Å²) in [4.78, 5) is 58.9. The predicted molar refractivity (Wildman–Crippen MR) is 196 cm³/mol. The predicted octanol–water partition coefficient (Wildman–Crippen LogP) is 7.25. The van der Waals surface area contributed by atoms with Crippen LogP contribution in [0.5, 0.6) is 0 Å². The van der Waals surface area contributed by atoms with E-state index in [0.717, 1.165) is 68.8 Å². The summed E-state index contributed by atoms with van der Waals surface area (Å²) in [7, 11) is 0. The minimum atomic E-state index is -5.02. The van der Waals surface area contributed by atoms with Crippen molar-refractivity contribution in [2.75, 3.05) is 29.0 Å². The Kier molecular flexibility index (Phi) is 12.3. The summed E-state index contributed by atoms with van der Waals surface area (Å²) >= 11 is 0. The maximum atomic E-state index is 14.2. The van der Waals surface area contributed by atoms with Gasteiger partial charge in [-0.25, -0.2) is 23.5 Å². The van der Waals surface area contributed by atoms with Crippen LogP contribution in [0.1, 0.15) is 91.1 Å². The number of carbonyl (C=O) groups excluding carboxylic acids is 4. The zero-order valence-corrected chi connectivity index (χ0v) is 30.5. The number of fused-ring (bicyclic) bond motifs is 2. The Hall–Kier alpha value is -5.81. The number of amides is 5. The highest BCUT2D eigenvalue weighted by Gasteiger charge is 2.45. The fourth-order valence-corrected chi connectivity index (χ4v) is 6.87. The maximum absolute atomic E-state index is 14.2. The Morgan fingerprint density at radius 3 is 2.30 bits per heavy atom. The molecule has 2 atom stereocenters. The summed E-state index contributed by atoms with van der Waals surface area (Å²) in [5.74, 6) is -3.57. The molecule has 5 amide bonds. The van der Waals surface area contributed by atoms with Gasteiger partial charge in [-0.1, -0.05) is 32.1 Å². The zero-order valence-electron chi connectivity index (χ0n) is 30.5. The highest BCUT2D eigenvalue weighted by molar-refractivity contribution is 6.05. The molecular formula is C38H41F5N8O5. The topological polar surface area (TPSA) is 171 Å². The van der Waals surface area contributed by atoms with Crippen LogP contribution in [0.25, 0.3) is 11.0 Å². The molecule has 2 aromatic carbocycles. The van der Waals surface area contributed by atoms with E-state index in [2.05, 4.69) is 31.2 Å². The van der Waals surface area contributed by atoms with E-state index in [-0.39, 0.29) is 40.8 Å². The van der Waals surface area contributed by atoms with Gasteiger partial charge in [0.1, 0.15) is 17.6 Å². The van der Waals surface area contributed by atoms with Gasteiger partial charge >= 0.3 is 12.2 Å². The number of hydrogen-bond acceptors (Lipinski definition) is 9. The van der Waals surface area contributed by atoms with Crippen LogP contribution in [-0.4, -0.2) is 63.9 Å². The second-order valence-corrected chi connectivity index (χ2v) is 13.8. The summed E-state index contributed by atoms with van der Waals surface area (Å²) in [5.41, 5.74) is 1.67. The van der Waals surface area contributed by atoms with Gasteiger partial charge in [-0.15, -0.1) is 0 Å². The van der Waals surface area contributed by atoms with Crippen LogP contribution >= 0.6 is 0 Å². The van der Waals surface area contributed by atoms with Crippen molar-refractivity contribution in [3.8, 4) is 0 Å². The number of nitrogens with zero attached hydrogens (tertiary/aromatic N) is 3. The van der Waals surface area contributed by atoms with E-state index in [4.69, 9.17) is 4.42 Å². The van der Waals surface area contributed by atoms with Crippen LogP contribution < -0.4 is 26.6 Å². The zero-order chi connectivity index (χ0) is 40.0. The van der Waals surface area contributed by atoms with Gasteiger partial charge < -0.3 is 30.6 Å². The molecule has 5 N–H and O–H groups in total. The third kappa shape index (κ3) is 9.52. The number of hydrogen-bond donors (Lipinski definition) is 5. The van der Waals surface area contributed by atoms with Crippen LogP contribution in [-0.2, 0) is 16.1 Å². The number of halogens is 5. The molecule has 1 saturated heterocycles. The minimum Gasteiger partial charge on any atom is -0.455 e. The highest BCUT2D eigenvalue weighted by Crippen LogP contribution is 2.39. The fraction of sp³-hybridized carbons (Fsp3) is 0.421. The molecule has 298 valence electrons. The third-order valence-electron chi connectivity index (χ3n) is 9.76. The van der Waals surface area contributed by atoms with Gasteiger partial charge in [0.25, 0.3) is 5.91 Å². The van der Waals surface area contributed by atoms with Crippen molar-refractivity contribution in [2.45, 2.75) is 89.5 Å². The van der Waals surface area contributed by atoms with E-state index < -0.39 is 53.2 Å². The van der Waals surface area contributed by atoms with Crippen molar-refractivity contribution in [2.24, 2.45) is 0 Å². The van der Waals surface area contributed by atoms with E-state index in [1.807, 2.05) is 12.1 Å². The Labute approximate surface area is 318 Å². The lowest BCUT2D eigenvalue weighted by molar-refractivity contribution is -0.158. The number of piperidine rings is 1. The molecule has 0 radical (unpaired) electrons. The number of aromatic nitrogens is 2. The van der Waals surface area contributed by atoms with E-state index in [1.54, 1.807) is 11.4 Å². The molecule has 0 bridgehead atoms. The molecular weight excluding hydrogens is 743 g/mol. The number of imide groups is 1. The molecule has 4 aromatic rings. The molecule has 2 aromatic heterocycles. The van der Waals surface area contributed by atoms with Crippen molar-refractivity contribution in [3.05, 3.63) is 76.8 Å². The molecule has 0 saturated carbocycles. The van der Waals surface area contributed by atoms with Gasteiger partial charge in [0.15, 0.2) is 17.4 Å². The Bertz CT molecular complexity index is 2090. The first-order chi connectivity index (χ1) is 26.8. The number of furan rings is 1. The standard InChI is InChI=1S/C38H41F5N8O5/c1-21-27-16-23(39)17-28(40)32(27)56-31(21)33(38(41,42)43)50-37(55)48-25-18-46-36(47-19-25)45-14-8-6-4-2-3-5-7-13-44-24-9-10-26-22(15-24)20-51(35(26)54)29-11-12-30(52)49-34(29)53/h9-10,15-19,29,33,44H,2-8,11-14,20H2,1H3,(H,45,46,47)(H2,48,50,55)(H,49,52,53)/t29?,33-/m1/s1. The molecule has 6 rings (SSSR count). The summed E-state index contributed by atoms with van der Waals surface area (Å²) in [5, 5.41) is 12.7. The lowest BCUT2D eigenvalue weighted by atomic mass is 10.0. The van der Waals surface area contributed by atoms with Crippen molar-refractivity contribution >= 4 is 52.0 Å². The average Bonchev–Trinajstić information content (AvgIpc) is 3.65. The normalized spacial score (nSPS) is 16.1. The van der Waals surface area contributed by atoms with Crippen LogP contribution in [0.3, 0.4) is 0 Å². The monoisotopic (exact) mass is 784 g/mol. The Balaban J connectivity index is 0.835. The van der Waals surface area contributed by atoms with Gasteiger partial charge in [0.2, 0.25) is 17.8 Å². The smallest absolute Gasteiger partial charge is 0.416 e. The van der Waals surface area contributed by atoms with Crippen molar-refractivity contribution in [1.82, 2.24) is 25.5 Å². The van der Waals surface area contributed by atoms with E-state index in [9.17, 15) is 41.1 Å². The molecule has 18 heteroatoms. The lowest BCUT2D eigenvalue weighted by Crippen LogP contribution is -2.52. The molecule has 0 aliphatic carbocycles. The molecule has 56 heavy (non-hydrogen) atoms. The SMILES string of the molecule is Cc1c([C@@H](NC(=O)Nc2cnc(NCCCCCCCCCNc3ccc4c(c3)CN(C3CCC(=O)NC3=O)C4=O)nc2)C(F)(F)F)oc2c(F)cc(F)cc12. The van der Waals surface area contributed by atoms with Gasteiger partial charge in [0, 0.05) is 54.3 Å². The number of rotatable bonds is 16. The van der Waals surface area contributed by atoms with E-state index in [0.29, 0.717) is 31.1 Å². The van der Waals surface area contributed by atoms with Crippen LogP contribution in [0.15, 0.2) is 47.1 Å². The summed E-state index contributed by atoms with van der Waals surface area (Å²) in [6, 6.07) is 2.44. The Morgan fingerprint density at radius 2 is 1.62 bits per heavy atom. The number of aryl methyl sites for hydroxylation is 1. The van der Waals surface area contributed by atoms with Crippen LogP contribution in [0.2, 0.25) is 0 Å². The first-order valence-corrected chi connectivity index (χ1v) is 18.4. The number of carbonyl (C=O) groups is 4. The maximum Gasteiger partial charge on any atom is 0.416 e. The quantitative estimate of drug-likeness (QED) is 0.0446. The molecule has 13 nitrogen and oxygen atoms in total. The number of alkyl halides is 3. The van der Waals surface area contributed by atoms with Gasteiger partial charge in [-0.3, -0.25) is 19.7 Å². The van der Waals surface area contributed by atoms with Crippen LogP contribution in [0, 0.1) is 18.6 Å². The van der Waals surface area contributed by atoms with E-state index >= 15 is 0 Å². The molecule has 1 unspecified atom stereocenters. The molecule has 1 fully saturated rings. The first-order valence-electron chi connectivity index (χ1n) is 18.4. The number of urea groups is 1. The number of unbranched alkanes of at least 4 members (excludes halogenated alkanes) is 6. The molecule has 2 aliphatic rings. The largest absolute Gasteiger partial charge is 0.455 e. The van der Waals surface area contributed by atoms with Crippen molar-refractivity contribution in [1.29, 1.82) is 0 Å². The van der Waals surface area contributed by atoms with Gasteiger partial charge in [-0.05, 0) is 56.0 Å². The van der Waals surface area contributed by atoms with Crippen LogP contribution in [0.4, 0.5) is 44.1 Å². The second kappa shape index (κ2) is 17.3. The van der Waals surface area contributed by atoms with Crippen molar-refractivity contribution < 1.29 is 45.5 Å². The second-order valence-electron chi connectivity index (χ2n) is 13.8.